The molecule has 1 rings (SSSR count). The molecule has 0 saturated heterocycles. The van der Waals surface area contributed by atoms with Crippen molar-refractivity contribution in [1.29, 1.82) is 0 Å². The molecule has 1 atom stereocenters. The zero-order valence-electron chi connectivity index (χ0n) is 12.8. The molecular weight excluding hydrogens is 268 g/mol. The molecule has 0 bridgehead atoms. The van der Waals surface area contributed by atoms with E-state index in [1.165, 1.54) is 43.5 Å². The van der Waals surface area contributed by atoms with Crippen LogP contribution in [0.15, 0.2) is 24.3 Å². The summed E-state index contributed by atoms with van der Waals surface area (Å²) in [7, 11) is 0. The summed E-state index contributed by atoms with van der Waals surface area (Å²) in [5.74, 6) is -0.634. The Bertz CT molecular complexity index is 450. The third-order valence-electron chi connectivity index (χ3n) is 3.64. The van der Waals surface area contributed by atoms with Crippen LogP contribution in [-0.2, 0) is 4.74 Å². The van der Waals surface area contributed by atoms with Crippen LogP contribution in [0.25, 0.3) is 0 Å². The lowest BCUT2D eigenvalue weighted by molar-refractivity contribution is 0.0496. The lowest BCUT2D eigenvalue weighted by Gasteiger charge is -2.08. The van der Waals surface area contributed by atoms with Gasteiger partial charge in [-0.25, -0.2) is 9.59 Å². The Morgan fingerprint density at radius 3 is 2.29 bits per heavy atom. The molecule has 1 N–H and O–H groups in total. The Balaban J connectivity index is 2.23. The van der Waals surface area contributed by atoms with E-state index in [1.807, 2.05) is 0 Å². The lowest BCUT2D eigenvalue weighted by atomic mass is 10.0. The van der Waals surface area contributed by atoms with Crippen molar-refractivity contribution >= 4 is 11.9 Å². The van der Waals surface area contributed by atoms with Gasteiger partial charge in [0.2, 0.25) is 0 Å². The molecule has 1 unspecified atom stereocenters. The van der Waals surface area contributed by atoms with E-state index >= 15 is 0 Å². The van der Waals surface area contributed by atoms with Gasteiger partial charge in [0.1, 0.15) is 0 Å². The predicted octanol–water partition coefficient (Wildman–Crippen LogP) is 4.15. The summed E-state index contributed by atoms with van der Waals surface area (Å²) in [4.78, 5) is 22.5. The van der Waals surface area contributed by atoms with Crippen LogP contribution in [0.4, 0.5) is 0 Å². The molecule has 4 heteroatoms. The van der Waals surface area contributed by atoms with Gasteiger partial charge in [0, 0.05) is 0 Å². The Morgan fingerprint density at radius 2 is 1.71 bits per heavy atom. The topological polar surface area (TPSA) is 63.6 Å². The summed E-state index contributed by atoms with van der Waals surface area (Å²) in [6.45, 7) is 4.86. The van der Waals surface area contributed by atoms with Crippen molar-refractivity contribution in [3.8, 4) is 0 Å². The number of hydrogen-bond donors (Lipinski definition) is 1. The molecule has 0 aliphatic rings. The van der Waals surface area contributed by atoms with E-state index in [-0.39, 0.29) is 5.56 Å². The van der Waals surface area contributed by atoms with E-state index in [4.69, 9.17) is 9.84 Å². The number of unbranched alkanes of at least 4 members (excludes halogenated alkanes) is 2. The number of benzene rings is 1. The molecule has 0 saturated carbocycles. The molecule has 0 aliphatic heterocycles. The van der Waals surface area contributed by atoms with E-state index in [0.717, 1.165) is 18.8 Å². The number of carbonyl (C=O) groups excluding carboxylic acids is 1. The van der Waals surface area contributed by atoms with Gasteiger partial charge in [-0.3, -0.25) is 0 Å². The van der Waals surface area contributed by atoms with Crippen molar-refractivity contribution in [2.24, 2.45) is 5.92 Å². The van der Waals surface area contributed by atoms with Crippen LogP contribution in [0.5, 0.6) is 0 Å². The van der Waals surface area contributed by atoms with Gasteiger partial charge in [-0.05, 0) is 36.6 Å². The van der Waals surface area contributed by atoms with E-state index < -0.39 is 11.9 Å². The molecule has 0 spiro atoms. The molecule has 116 valence electrons. The average Bonchev–Trinajstić information content (AvgIpc) is 2.50. The van der Waals surface area contributed by atoms with Crippen LogP contribution in [0.1, 0.15) is 66.7 Å². The summed E-state index contributed by atoms with van der Waals surface area (Å²) >= 11 is 0. The number of hydrogen-bond acceptors (Lipinski definition) is 3. The highest BCUT2D eigenvalue weighted by Crippen LogP contribution is 2.12. The Hall–Kier alpha value is -1.84. The normalized spacial score (nSPS) is 11.9. The van der Waals surface area contributed by atoms with E-state index in [9.17, 15) is 9.59 Å². The second-order valence-corrected chi connectivity index (χ2v) is 5.38. The van der Waals surface area contributed by atoms with E-state index in [2.05, 4.69) is 13.8 Å². The maximum atomic E-state index is 11.7. The standard InChI is InChI=1S/C17H24O4/c1-3-13(2)7-5-4-6-12-21-17(20)15-10-8-14(9-11-15)16(18)19/h8-11,13H,3-7,12H2,1-2H3,(H,18,19). The van der Waals surface area contributed by atoms with Crippen LogP contribution in [0.3, 0.4) is 0 Å². The zero-order chi connectivity index (χ0) is 15.7. The van der Waals surface area contributed by atoms with Crippen molar-refractivity contribution < 1.29 is 19.4 Å². The Labute approximate surface area is 126 Å². The van der Waals surface area contributed by atoms with Crippen molar-refractivity contribution in [1.82, 2.24) is 0 Å². The highest BCUT2D eigenvalue weighted by molar-refractivity contribution is 5.92. The Morgan fingerprint density at radius 1 is 1.10 bits per heavy atom. The monoisotopic (exact) mass is 292 g/mol. The number of rotatable bonds is 9. The third-order valence-corrected chi connectivity index (χ3v) is 3.64. The van der Waals surface area contributed by atoms with Gasteiger partial charge < -0.3 is 9.84 Å². The van der Waals surface area contributed by atoms with Crippen molar-refractivity contribution in [3.05, 3.63) is 35.4 Å². The first-order chi connectivity index (χ1) is 10.0. The molecule has 1 aromatic rings. The summed E-state index contributed by atoms with van der Waals surface area (Å²) in [6, 6.07) is 5.78. The van der Waals surface area contributed by atoms with Crippen molar-refractivity contribution in [2.45, 2.75) is 46.0 Å². The predicted molar refractivity (Wildman–Crippen MR) is 81.6 cm³/mol. The van der Waals surface area contributed by atoms with Crippen LogP contribution < -0.4 is 0 Å². The molecule has 4 nitrogen and oxygen atoms in total. The Kier molecular flexibility index (Phi) is 7.51. The smallest absolute Gasteiger partial charge is 0.338 e. The van der Waals surface area contributed by atoms with E-state index in [0.29, 0.717) is 12.2 Å². The third kappa shape index (κ3) is 6.43. The van der Waals surface area contributed by atoms with Crippen molar-refractivity contribution in [2.75, 3.05) is 6.61 Å². The number of carbonyl (C=O) groups is 2. The first-order valence-corrected chi connectivity index (χ1v) is 7.55. The average molecular weight is 292 g/mol. The first-order valence-electron chi connectivity index (χ1n) is 7.55. The van der Waals surface area contributed by atoms with Gasteiger partial charge in [-0.15, -0.1) is 0 Å². The van der Waals surface area contributed by atoms with Gasteiger partial charge in [-0.2, -0.15) is 0 Å². The minimum absolute atomic E-state index is 0.164. The van der Waals surface area contributed by atoms with Gasteiger partial charge in [-0.1, -0.05) is 39.5 Å². The number of carboxylic acids is 1. The summed E-state index contributed by atoms with van der Waals surface area (Å²) in [5, 5.41) is 8.78. The van der Waals surface area contributed by atoms with Gasteiger partial charge >= 0.3 is 11.9 Å². The lowest BCUT2D eigenvalue weighted by Crippen LogP contribution is -2.07. The molecule has 1 aromatic carbocycles. The minimum atomic E-state index is -1.00. The minimum Gasteiger partial charge on any atom is -0.478 e. The summed E-state index contributed by atoms with van der Waals surface area (Å²) in [6.07, 6.45) is 5.53. The largest absolute Gasteiger partial charge is 0.478 e. The fourth-order valence-corrected chi connectivity index (χ4v) is 1.97. The highest BCUT2D eigenvalue weighted by atomic mass is 16.5. The van der Waals surface area contributed by atoms with Gasteiger partial charge in [0.15, 0.2) is 0 Å². The van der Waals surface area contributed by atoms with Crippen LogP contribution >= 0.6 is 0 Å². The van der Waals surface area contributed by atoms with Crippen LogP contribution in [-0.4, -0.2) is 23.7 Å². The molecule has 0 aliphatic carbocycles. The second-order valence-electron chi connectivity index (χ2n) is 5.38. The van der Waals surface area contributed by atoms with Crippen LogP contribution in [0, 0.1) is 5.92 Å². The summed E-state index contributed by atoms with van der Waals surface area (Å²) in [5.41, 5.74) is 0.552. The number of esters is 1. The molecular formula is C17H24O4. The fraction of sp³-hybridized carbons (Fsp3) is 0.529. The molecule has 0 fully saturated rings. The number of carboxylic acid groups (broad SMARTS) is 1. The van der Waals surface area contributed by atoms with Gasteiger partial charge in [0.05, 0.1) is 17.7 Å². The number of ether oxygens (including phenoxy) is 1. The van der Waals surface area contributed by atoms with E-state index in [1.54, 1.807) is 0 Å². The SMILES string of the molecule is CCC(C)CCCCCOC(=O)c1ccc(C(=O)O)cc1. The second kappa shape index (κ2) is 9.16. The number of aromatic carboxylic acids is 1. The molecule has 0 radical (unpaired) electrons. The molecule has 21 heavy (non-hydrogen) atoms. The van der Waals surface area contributed by atoms with Crippen molar-refractivity contribution in [3.63, 3.8) is 0 Å². The quantitative estimate of drug-likeness (QED) is 0.548. The zero-order valence-corrected chi connectivity index (χ0v) is 12.8. The molecule has 0 amide bonds. The molecule has 0 heterocycles. The molecule has 0 aromatic heterocycles. The maximum Gasteiger partial charge on any atom is 0.338 e. The fourth-order valence-electron chi connectivity index (χ4n) is 1.97. The maximum absolute atomic E-state index is 11.7. The highest BCUT2D eigenvalue weighted by Gasteiger charge is 2.08. The van der Waals surface area contributed by atoms with Crippen LogP contribution in [0.2, 0.25) is 0 Å². The van der Waals surface area contributed by atoms with Gasteiger partial charge in [0.25, 0.3) is 0 Å². The summed E-state index contributed by atoms with van der Waals surface area (Å²) < 4.78 is 5.18. The first kappa shape index (κ1) is 17.2.